The molecule has 1 atom stereocenters. The molecule has 0 spiro atoms. The van der Waals surface area contributed by atoms with Crippen molar-refractivity contribution in [3.05, 3.63) is 65.5 Å². The molecular weight excluding hydrogens is 438 g/mol. The van der Waals surface area contributed by atoms with E-state index in [2.05, 4.69) is 0 Å². The Morgan fingerprint density at radius 2 is 1.71 bits per heavy atom. The zero-order valence-corrected chi connectivity index (χ0v) is 17.4. The molecule has 1 fully saturated rings. The van der Waals surface area contributed by atoms with Gasteiger partial charge in [-0.3, -0.25) is 4.79 Å². The molecule has 31 heavy (non-hydrogen) atoms. The van der Waals surface area contributed by atoms with Gasteiger partial charge in [-0.1, -0.05) is 18.2 Å². The van der Waals surface area contributed by atoms with Crippen molar-refractivity contribution >= 4 is 16.0 Å². The Kier molecular flexibility index (Phi) is 6.70. The van der Waals surface area contributed by atoms with E-state index < -0.39 is 50.5 Å². The van der Waals surface area contributed by atoms with Crippen molar-refractivity contribution in [1.82, 2.24) is 4.31 Å². The lowest BCUT2D eigenvalue weighted by molar-refractivity contribution is -0.155. The number of sulfonamides is 1. The quantitative estimate of drug-likeness (QED) is 0.486. The van der Waals surface area contributed by atoms with Crippen LogP contribution in [0, 0.1) is 11.7 Å². The zero-order chi connectivity index (χ0) is 22.8. The summed E-state index contributed by atoms with van der Waals surface area (Å²) in [4.78, 5) is 12.0. The normalized spacial score (nSPS) is 17.3. The Morgan fingerprint density at radius 3 is 2.29 bits per heavy atom. The predicted molar refractivity (Wildman–Crippen MR) is 104 cm³/mol. The van der Waals surface area contributed by atoms with E-state index in [1.807, 2.05) is 0 Å². The highest BCUT2D eigenvalue weighted by molar-refractivity contribution is 7.89. The van der Waals surface area contributed by atoms with Crippen LogP contribution in [0.5, 0.6) is 0 Å². The Balaban J connectivity index is 1.62. The molecule has 0 radical (unpaired) electrons. The Hall–Kier alpha value is -2.46. The maximum absolute atomic E-state index is 13.0. The molecule has 0 amide bonds. The number of hydrogen-bond acceptors (Lipinski definition) is 4. The van der Waals surface area contributed by atoms with Crippen LogP contribution in [0.15, 0.2) is 53.4 Å². The first-order chi connectivity index (χ1) is 14.5. The van der Waals surface area contributed by atoms with Gasteiger partial charge in [0.25, 0.3) is 0 Å². The van der Waals surface area contributed by atoms with Crippen LogP contribution in [0.2, 0.25) is 0 Å². The predicted octanol–water partition coefficient (Wildman–Crippen LogP) is 4.55. The first-order valence-corrected chi connectivity index (χ1v) is 11.1. The summed E-state index contributed by atoms with van der Waals surface area (Å²) < 4.78 is 83.7. The van der Waals surface area contributed by atoms with E-state index in [1.54, 1.807) is 6.92 Å². The van der Waals surface area contributed by atoms with Gasteiger partial charge in [0.05, 0.1) is 16.4 Å². The highest BCUT2D eigenvalue weighted by Gasteiger charge is 2.35. The van der Waals surface area contributed by atoms with Gasteiger partial charge in [-0.15, -0.1) is 0 Å². The van der Waals surface area contributed by atoms with Gasteiger partial charge in [0.15, 0.2) is 0 Å². The summed E-state index contributed by atoms with van der Waals surface area (Å²) in [5, 5.41) is 0. The van der Waals surface area contributed by atoms with Gasteiger partial charge in [-0.2, -0.15) is 17.5 Å². The van der Waals surface area contributed by atoms with Crippen LogP contribution in [0.3, 0.4) is 0 Å². The van der Waals surface area contributed by atoms with Crippen molar-refractivity contribution in [3.63, 3.8) is 0 Å². The van der Waals surface area contributed by atoms with Crippen molar-refractivity contribution in [2.75, 3.05) is 13.1 Å². The number of esters is 1. The van der Waals surface area contributed by atoms with Crippen molar-refractivity contribution in [2.45, 2.75) is 36.9 Å². The van der Waals surface area contributed by atoms with Crippen LogP contribution >= 0.6 is 0 Å². The summed E-state index contributed by atoms with van der Waals surface area (Å²) in [7, 11) is -4.12. The summed E-state index contributed by atoms with van der Waals surface area (Å²) in [6, 6.07) is 9.14. The van der Waals surface area contributed by atoms with E-state index in [-0.39, 0.29) is 25.9 Å². The summed E-state index contributed by atoms with van der Waals surface area (Å²) in [6.45, 7) is 1.63. The van der Waals surface area contributed by atoms with E-state index in [9.17, 15) is 30.8 Å². The van der Waals surface area contributed by atoms with Crippen molar-refractivity contribution in [1.29, 1.82) is 0 Å². The highest BCUT2D eigenvalue weighted by Crippen LogP contribution is 2.32. The zero-order valence-electron chi connectivity index (χ0n) is 16.6. The first kappa shape index (κ1) is 23.2. The average molecular weight is 459 g/mol. The Labute approximate surface area is 177 Å². The van der Waals surface area contributed by atoms with Gasteiger partial charge in [0.2, 0.25) is 10.0 Å². The van der Waals surface area contributed by atoms with Gasteiger partial charge in [-0.05, 0) is 55.7 Å². The molecule has 3 rings (SSSR count). The molecule has 0 unspecified atom stereocenters. The van der Waals surface area contributed by atoms with E-state index >= 15 is 0 Å². The lowest BCUT2D eigenvalue weighted by Crippen LogP contribution is -2.40. The highest BCUT2D eigenvalue weighted by atomic mass is 32.2. The molecule has 0 N–H and O–H groups in total. The van der Waals surface area contributed by atoms with Crippen LogP contribution in [-0.4, -0.2) is 31.8 Å². The third-order valence-corrected chi connectivity index (χ3v) is 7.11. The van der Waals surface area contributed by atoms with E-state index in [0.29, 0.717) is 11.6 Å². The molecule has 1 aliphatic heterocycles. The molecule has 10 heteroatoms. The number of nitrogens with zero attached hydrogens (tertiary/aromatic N) is 1. The standard InChI is InChI=1S/C21H21F4NO4S/c1-14(15-5-7-18(22)8-6-15)30-20(27)16-9-11-26(12-10-16)31(28,29)19-4-2-3-17(13-19)21(23,24)25/h2-8,13-14,16H,9-12H2,1H3/t14-/m0/s1. The average Bonchev–Trinajstić information content (AvgIpc) is 2.73. The largest absolute Gasteiger partial charge is 0.458 e. The fraction of sp³-hybridized carbons (Fsp3) is 0.381. The molecule has 168 valence electrons. The lowest BCUT2D eigenvalue weighted by Gasteiger charge is -2.30. The third kappa shape index (κ3) is 5.43. The maximum Gasteiger partial charge on any atom is 0.416 e. The molecule has 1 aliphatic rings. The van der Waals surface area contributed by atoms with Gasteiger partial charge in [0.1, 0.15) is 11.9 Å². The molecule has 0 aromatic heterocycles. The second-order valence-corrected chi connectivity index (χ2v) is 9.27. The lowest BCUT2D eigenvalue weighted by atomic mass is 9.98. The molecule has 1 saturated heterocycles. The molecular formula is C21H21F4NO4S. The van der Waals surface area contributed by atoms with Gasteiger partial charge < -0.3 is 4.74 Å². The number of carbonyl (C=O) groups excluding carboxylic acids is 1. The SMILES string of the molecule is C[C@H](OC(=O)C1CCN(S(=O)(=O)c2cccc(C(F)(F)F)c2)CC1)c1ccc(F)cc1. The molecule has 5 nitrogen and oxygen atoms in total. The van der Waals surface area contributed by atoms with E-state index in [0.717, 1.165) is 22.5 Å². The maximum atomic E-state index is 13.0. The minimum absolute atomic E-state index is 0.0106. The van der Waals surface area contributed by atoms with Gasteiger partial charge >= 0.3 is 12.1 Å². The second kappa shape index (κ2) is 8.96. The fourth-order valence-electron chi connectivity index (χ4n) is 3.39. The van der Waals surface area contributed by atoms with Crippen LogP contribution in [0.25, 0.3) is 0 Å². The number of piperidine rings is 1. The molecule has 0 aliphatic carbocycles. The summed E-state index contributed by atoms with van der Waals surface area (Å²) >= 11 is 0. The van der Waals surface area contributed by atoms with Crippen LogP contribution in [0.1, 0.15) is 37.0 Å². The molecule has 2 aromatic carbocycles. The number of benzene rings is 2. The number of hydrogen-bond donors (Lipinski definition) is 0. The molecule has 0 bridgehead atoms. The van der Waals surface area contributed by atoms with E-state index in [4.69, 9.17) is 4.74 Å². The van der Waals surface area contributed by atoms with Gasteiger partial charge in [-0.25, -0.2) is 12.8 Å². The number of alkyl halides is 3. The third-order valence-electron chi connectivity index (χ3n) is 5.22. The second-order valence-electron chi connectivity index (χ2n) is 7.33. The fourth-order valence-corrected chi connectivity index (χ4v) is 4.90. The number of carbonyl (C=O) groups is 1. The van der Waals surface area contributed by atoms with Crippen molar-refractivity contribution < 1.29 is 35.5 Å². The molecule has 1 heterocycles. The monoisotopic (exact) mass is 459 g/mol. The number of ether oxygens (including phenoxy) is 1. The summed E-state index contributed by atoms with van der Waals surface area (Å²) in [5.74, 6) is -1.43. The Bertz CT molecular complexity index is 1030. The first-order valence-electron chi connectivity index (χ1n) is 9.62. The molecule has 2 aromatic rings. The summed E-state index contributed by atoms with van der Waals surface area (Å²) in [5.41, 5.74) is -0.416. The summed E-state index contributed by atoms with van der Waals surface area (Å²) in [6.07, 6.45) is -4.87. The van der Waals surface area contributed by atoms with Crippen LogP contribution in [0.4, 0.5) is 17.6 Å². The molecule has 0 saturated carbocycles. The topological polar surface area (TPSA) is 63.7 Å². The minimum Gasteiger partial charge on any atom is -0.458 e. The Morgan fingerprint density at radius 1 is 1.10 bits per heavy atom. The van der Waals surface area contributed by atoms with Crippen molar-refractivity contribution in [3.8, 4) is 0 Å². The minimum atomic E-state index is -4.65. The van der Waals surface area contributed by atoms with Gasteiger partial charge in [0, 0.05) is 13.1 Å². The van der Waals surface area contributed by atoms with Crippen LogP contribution in [-0.2, 0) is 25.7 Å². The van der Waals surface area contributed by atoms with Crippen LogP contribution < -0.4 is 0 Å². The number of halogens is 4. The van der Waals surface area contributed by atoms with E-state index in [1.165, 1.54) is 24.3 Å². The smallest absolute Gasteiger partial charge is 0.416 e. The number of rotatable bonds is 5. The van der Waals surface area contributed by atoms with Crippen molar-refractivity contribution in [2.24, 2.45) is 5.92 Å².